The first-order valence-corrected chi connectivity index (χ1v) is 4.96. The summed E-state index contributed by atoms with van der Waals surface area (Å²) in [6.07, 6.45) is 2.73. The third-order valence-corrected chi connectivity index (χ3v) is 2.38. The van der Waals surface area contributed by atoms with Crippen LogP contribution in [0.5, 0.6) is 0 Å². The lowest BCUT2D eigenvalue weighted by molar-refractivity contribution is 0.0960. The van der Waals surface area contributed by atoms with Gasteiger partial charge in [-0.1, -0.05) is 13.0 Å². The third kappa shape index (κ3) is 1.48. The highest BCUT2D eigenvalue weighted by Crippen LogP contribution is 2.13. The summed E-state index contributed by atoms with van der Waals surface area (Å²) in [4.78, 5) is 15.9. The van der Waals surface area contributed by atoms with Crippen LogP contribution in [0.15, 0.2) is 24.4 Å². The Balaban J connectivity index is 2.70. The minimum atomic E-state index is -0.140. The summed E-state index contributed by atoms with van der Waals surface area (Å²) in [7, 11) is 1.61. The van der Waals surface area contributed by atoms with E-state index in [0.717, 1.165) is 17.8 Å². The summed E-state index contributed by atoms with van der Waals surface area (Å²) >= 11 is 0. The van der Waals surface area contributed by atoms with Gasteiger partial charge in [0, 0.05) is 19.7 Å². The topological polar surface area (TPSA) is 46.4 Å². The zero-order valence-corrected chi connectivity index (χ0v) is 8.82. The molecule has 0 aliphatic rings. The summed E-state index contributed by atoms with van der Waals surface area (Å²) in [5.41, 5.74) is 1.35. The maximum atomic E-state index is 11.6. The number of aryl methyl sites for hydroxylation is 1. The van der Waals surface area contributed by atoms with Gasteiger partial charge in [0.05, 0.1) is 5.52 Å². The fraction of sp³-hybridized carbons (Fsp3) is 0.273. The Morgan fingerprint density at radius 1 is 1.53 bits per heavy atom. The second kappa shape index (κ2) is 3.73. The molecule has 0 aromatic carbocycles. The van der Waals surface area contributed by atoms with Gasteiger partial charge in [-0.15, -0.1) is 0 Å². The van der Waals surface area contributed by atoms with Crippen molar-refractivity contribution in [3.63, 3.8) is 0 Å². The zero-order valence-electron chi connectivity index (χ0n) is 8.82. The highest BCUT2D eigenvalue weighted by Gasteiger charge is 2.14. The second-order valence-electron chi connectivity index (χ2n) is 3.27. The first-order valence-electron chi connectivity index (χ1n) is 4.96. The predicted octanol–water partition coefficient (Wildman–Crippen LogP) is 1.26. The number of hydrogen-bond donors (Lipinski definition) is 1. The maximum Gasteiger partial charge on any atom is 0.271 e. The Bertz CT molecular complexity index is 502. The van der Waals surface area contributed by atoms with Gasteiger partial charge in [0.2, 0.25) is 0 Å². The van der Waals surface area contributed by atoms with Gasteiger partial charge in [0.25, 0.3) is 5.91 Å². The van der Waals surface area contributed by atoms with Crippen LogP contribution in [0.3, 0.4) is 0 Å². The molecule has 1 amide bonds. The van der Waals surface area contributed by atoms with Crippen molar-refractivity contribution in [2.45, 2.75) is 13.3 Å². The number of nitrogens with one attached hydrogen (secondary N) is 1. The Labute approximate surface area is 87.9 Å². The third-order valence-electron chi connectivity index (χ3n) is 2.38. The number of rotatable bonds is 2. The van der Waals surface area contributed by atoms with Crippen LogP contribution >= 0.6 is 0 Å². The number of aromatic nitrogens is 2. The number of hydrogen-bond acceptors (Lipinski definition) is 2. The molecule has 0 saturated carbocycles. The number of nitrogens with zero attached hydrogens (tertiary/aromatic N) is 2. The van der Waals surface area contributed by atoms with Crippen molar-refractivity contribution in [2.24, 2.45) is 0 Å². The van der Waals surface area contributed by atoms with Crippen molar-refractivity contribution >= 4 is 11.4 Å². The smallest absolute Gasteiger partial charge is 0.271 e. The van der Waals surface area contributed by atoms with Gasteiger partial charge < -0.3 is 9.72 Å². The van der Waals surface area contributed by atoms with Crippen LogP contribution in [0.25, 0.3) is 5.52 Å². The summed E-state index contributed by atoms with van der Waals surface area (Å²) in [5, 5.41) is 2.60. The number of fused-ring (bicyclic) bond motifs is 1. The monoisotopic (exact) mass is 203 g/mol. The molecule has 0 bridgehead atoms. The van der Waals surface area contributed by atoms with Crippen LogP contribution in [0, 0.1) is 0 Å². The number of carbonyl (C=O) groups excluding carboxylic acids is 1. The average molecular weight is 203 g/mol. The van der Waals surface area contributed by atoms with E-state index in [1.54, 1.807) is 7.05 Å². The summed E-state index contributed by atoms with van der Waals surface area (Å²) in [6.45, 7) is 2.02. The molecule has 0 aliphatic heterocycles. The summed E-state index contributed by atoms with van der Waals surface area (Å²) in [5.74, 6) is 0.766. The fourth-order valence-electron chi connectivity index (χ4n) is 1.64. The SMILES string of the molecule is CCc1nc(C(=O)NC)c2ccccn12. The molecule has 4 heteroatoms. The molecule has 15 heavy (non-hydrogen) atoms. The lowest BCUT2D eigenvalue weighted by Crippen LogP contribution is -2.18. The Morgan fingerprint density at radius 2 is 2.33 bits per heavy atom. The minimum absolute atomic E-state index is 0.140. The number of carbonyl (C=O) groups is 1. The van der Waals surface area contributed by atoms with Gasteiger partial charge in [-0.2, -0.15) is 0 Å². The lowest BCUT2D eigenvalue weighted by atomic mass is 10.3. The maximum absolute atomic E-state index is 11.6. The molecule has 1 N–H and O–H groups in total. The lowest BCUT2D eigenvalue weighted by Gasteiger charge is -1.96. The van der Waals surface area contributed by atoms with Crippen molar-refractivity contribution in [1.29, 1.82) is 0 Å². The van der Waals surface area contributed by atoms with Gasteiger partial charge in [0.15, 0.2) is 5.69 Å². The van der Waals surface area contributed by atoms with E-state index in [-0.39, 0.29) is 5.91 Å². The molecule has 0 atom stereocenters. The molecule has 0 saturated heterocycles. The van der Waals surface area contributed by atoms with E-state index in [4.69, 9.17) is 0 Å². The van der Waals surface area contributed by atoms with Crippen molar-refractivity contribution in [3.05, 3.63) is 35.9 Å². The molecule has 0 unspecified atom stereocenters. The van der Waals surface area contributed by atoms with Crippen LogP contribution in [-0.4, -0.2) is 22.3 Å². The van der Waals surface area contributed by atoms with Crippen molar-refractivity contribution in [1.82, 2.24) is 14.7 Å². The van der Waals surface area contributed by atoms with E-state index in [9.17, 15) is 4.79 Å². The van der Waals surface area contributed by atoms with Gasteiger partial charge in [-0.25, -0.2) is 4.98 Å². The minimum Gasteiger partial charge on any atom is -0.354 e. The van der Waals surface area contributed by atoms with Crippen molar-refractivity contribution in [2.75, 3.05) is 7.05 Å². The zero-order chi connectivity index (χ0) is 10.8. The average Bonchev–Trinajstić information content (AvgIpc) is 2.67. The van der Waals surface area contributed by atoms with E-state index in [1.165, 1.54) is 0 Å². The molecule has 2 heterocycles. The van der Waals surface area contributed by atoms with E-state index >= 15 is 0 Å². The molecule has 2 aromatic heterocycles. The van der Waals surface area contributed by atoms with Crippen LogP contribution in [-0.2, 0) is 6.42 Å². The van der Waals surface area contributed by atoms with Crippen LogP contribution in [0.4, 0.5) is 0 Å². The van der Waals surface area contributed by atoms with E-state index < -0.39 is 0 Å². The van der Waals surface area contributed by atoms with Crippen molar-refractivity contribution < 1.29 is 4.79 Å². The van der Waals surface area contributed by atoms with E-state index in [1.807, 2.05) is 35.7 Å². The summed E-state index contributed by atoms with van der Waals surface area (Å²) < 4.78 is 1.95. The van der Waals surface area contributed by atoms with Gasteiger partial charge in [0.1, 0.15) is 5.82 Å². The fourth-order valence-corrected chi connectivity index (χ4v) is 1.64. The Hall–Kier alpha value is -1.84. The first-order chi connectivity index (χ1) is 7.27. The Kier molecular flexibility index (Phi) is 2.41. The normalized spacial score (nSPS) is 10.5. The molecule has 0 fully saturated rings. The predicted molar refractivity (Wildman–Crippen MR) is 58.0 cm³/mol. The Morgan fingerprint density at radius 3 is 3.00 bits per heavy atom. The van der Waals surface area contributed by atoms with Crippen molar-refractivity contribution in [3.8, 4) is 0 Å². The molecule has 78 valence electrons. The van der Waals surface area contributed by atoms with Crippen LogP contribution in [0.2, 0.25) is 0 Å². The number of pyridine rings is 1. The molecule has 2 rings (SSSR count). The largest absolute Gasteiger partial charge is 0.354 e. The quantitative estimate of drug-likeness (QED) is 0.798. The number of imidazole rings is 1. The van der Waals surface area contributed by atoms with Crippen LogP contribution in [0.1, 0.15) is 23.2 Å². The van der Waals surface area contributed by atoms with E-state index in [0.29, 0.717) is 5.69 Å². The second-order valence-corrected chi connectivity index (χ2v) is 3.27. The molecular formula is C11H13N3O. The highest BCUT2D eigenvalue weighted by molar-refractivity contribution is 5.98. The van der Waals surface area contributed by atoms with Gasteiger partial charge >= 0.3 is 0 Å². The van der Waals surface area contributed by atoms with Crippen LogP contribution < -0.4 is 5.32 Å². The van der Waals surface area contributed by atoms with E-state index in [2.05, 4.69) is 10.3 Å². The molecular weight excluding hydrogens is 190 g/mol. The van der Waals surface area contributed by atoms with Gasteiger partial charge in [-0.05, 0) is 12.1 Å². The van der Waals surface area contributed by atoms with Gasteiger partial charge in [-0.3, -0.25) is 4.79 Å². The highest BCUT2D eigenvalue weighted by atomic mass is 16.1. The molecule has 0 radical (unpaired) electrons. The molecule has 4 nitrogen and oxygen atoms in total. The molecule has 2 aromatic rings. The number of amides is 1. The first kappa shape index (κ1) is 9.71. The summed E-state index contributed by atoms with van der Waals surface area (Å²) in [6, 6.07) is 5.74. The standard InChI is InChI=1S/C11H13N3O/c1-3-9-13-10(11(15)12-2)8-6-4-5-7-14(8)9/h4-7H,3H2,1-2H3,(H,12,15). The molecule has 0 spiro atoms. The molecule has 0 aliphatic carbocycles.